The molecule has 0 atom stereocenters. The van der Waals surface area contributed by atoms with E-state index in [1.807, 2.05) is 48.5 Å². The second kappa shape index (κ2) is 10.3. The first-order chi connectivity index (χ1) is 17.4. The lowest BCUT2D eigenvalue weighted by Crippen LogP contribution is -2.34. The van der Waals surface area contributed by atoms with Crippen molar-refractivity contribution in [1.29, 1.82) is 0 Å². The van der Waals surface area contributed by atoms with Gasteiger partial charge in [-0.3, -0.25) is 10.1 Å². The van der Waals surface area contributed by atoms with Crippen molar-refractivity contribution in [2.75, 3.05) is 12.4 Å². The maximum absolute atomic E-state index is 13.1. The largest absolute Gasteiger partial charge is 0.495 e. The van der Waals surface area contributed by atoms with Gasteiger partial charge in [0.1, 0.15) is 10.8 Å². The average molecular weight is 617 g/mol. The van der Waals surface area contributed by atoms with Crippen LogP contribution in [0.5, 0.6) is 5.75 Å². The zero-order valence-corrected chi connectivity index (χ0v) is 23.3. The van der Waals surface area contributed by atoms with Gasteiger partial charge in [0.2, 0.25) is 0 Å². The SMILES string of the molecule is COc1c(C(=O)NC(=S)Nc2cc(-c3nc4ccccc4s3)c(Cl)cc2Cl)cc2ccccc2c1Br. The summed E-state index contributed by atoms with van der Waals surface area (Å²) in [6.07, 6.45) is 0. The number of hydrogen-bond donors (Lipinski definition) is 2. The number of amides is 1. The maximum Gasteiger partial charge on any atom is 0.261 e. The minimum atomic E-state index is -0.424. The number of ether oxygens (including phenoxy) is 1. The van der Waals surface area contributed by atoms with Gasteiger partial charge >= 0.3 is 0 Å². The highest BCUT2D eigenvalue weighted by atomic mass is 79.9. The highest BCUT2D eigenvalue weighted by molar-refractivity contribution is 9.10. The third-order valence-electron chi connectivity index (χ3n) is 5.45. The molecular weight excluding hydrogens is 601 g/mol. The number of thiazole rings is 1. The lowest BCUT2D eigenvalue weighted by Gasteiger charge is -2.15. The van der Waals surface area contributed by atoms with Crippen molar-refractivity contribution in [2.24, 2.45) is 0 Å². The molecule has 10 heteroatoms. The van der Waals surface area contributed by atoms with Crippen LogP contribution in [0, 0.1) is 0 Å². The third kappa shape index (κ3) is 4.79. The van der Waals surface area contributed by atoms with Gasteiger partial charge in [-0.15, -0.1) is 11.3 Å². The van der Waals surface area contributed by atoms with Crippen LogP contribution in [0.4, 0.5) is 5.69 Å². The smallest absolute Gasteiger partial charge is 0.261 e. The average Bonchev–Trinajstić information content (AvgIpc) is 3.29. The zero-order valence-electron chi connectivity index (χ0n) is 18.6. The van der Waals surface area contributed by atoms with Crippen molar-refractivity contribution in [1.82, 2.24) is 10.3 Å². The molecule has 180 valence electrons. The molecule has 0 bridgehead atoms. The number of halogens is 3. The lowest BCUT2D eigenvalue weighted by molar-refractivity contribution is 0.0975. The van der Waals surface area contributed by atoms with Crippen molar-refractivity contribution < 1.29 is 9.53 Å². The second-order valence-electron chi connectivity index (χ2n) is 7.70. The van der Waals surface area contributed by atoms with Gasteiger partial charge in [-0.1, -0.05) is 59.6 Å². The number of fused-ring (bicyclic) bond motifs is 2. The monoisotopic (exact) mass is 615 g/mol. The quantitative estimate of drug-likeness (QED) is 0.199. The van der Waals surface area contributed by atoms with Crippen molar-refractivity contribution >= 4 is 100 Å². The summed E-state index contributed by atoms with van der Waals surface area (Å²) in [5.41, 5.74) is 2.42. The number of methoxy groups -OCH3 is 1. The van der Waals surface area contributed by atoms with Crippen LogP contribution in [-0.4, -0.2) is 23.1 Å². The van der Waals surface area contributed by atoms with Crippen LogP contribution in [0.1, 0.15) is 10.4 Å². The number of nitrogens with zero attached hydrogens (tertiary/aromatic N) is 1. The Bertz CT molecular complexity index is 1640. The van der Waals surface area contributed by atoms with Gasteiger partial charge in [0.25, 0.3) is 5.91 Å². The van der Waals surface area contributed by atoms with E-state index in [4.69, 9.17) is 40.2 Å². The van der Waals surface area contributed by atoms with Gasteiger partial charge < -0.3 is 10.1 Å². The first-order valence-corrected chi connectivity index (χ1v) is 13.4. The van der Waals surface area contributed by atoms with E-state index in [0.29, 0.717) is 37.1 Å². The van der Waals surface area contributed by atoms with Crippen LogP contribution in [-0.2, 0) is 0 Å². The molecule has 1 amide bonds. The molecule has 5 rings (SSSR count). The van der Waals surface area contributed by atoms with E-state index < -0.39 is 5.91 Å². The van der Waals surface area contributed by atoms with E-state index in [-0.39, 0.29) is 5.11 Å². The zero-order chi connectivity index (χ0) is 25.4. The van der Waals surface area contributed by atoms with Gasteiger partial charge in [0.15, 0.2) is 5.11 Å². The van der Waals surface area contributed by atoms with Crippen molar-refractivity contribution in [3.63, 3.8) is 0 Å². The number of carbonyl (C=O) groups is 1. The summed E-state index contributed by atoms with van der Waals surface area (Å²) in [4.78, 5) is 17.8. The number of thiocarbonyl (C=S) groups is 1. The topological polar surface area (TPSA) is 63.2 Å². The van der Waals surface area contributed by atoms with E-state index in [1.54, 1.807) is 18.2 Å². The van der Waals surface area contributed by atoms with Crippen molar-refractivity contribution in [3.05, 3.63) is 86.8 Å². The van der Waals surface area contributed by atoms with Crippen LogP contribution < -0.4 is 15.4 Å². The number of para-hydroxylation sites is 1. The molecule has 0 unspecified atom stereocenters. The fourth-order valence-corrected chi connectivity index (χ4v) is 6.28. The Kier molecular flexibility index (Phi) is 7.14. The molecule has 0 aliphatic carbocycles. The number of anilines is 1. The summed E-state index contributed by atoms with van der Waals surface area (Å²) in [6.45, 7) is 0. The van der Waals surface area contributed by atoms with E-state index in [2.05, 4.69) is 31.5 Å². The van der Waals surface area contributed by atoms with E-state index in [0.717, 1.165) is 26.0 Å². The van der Waals surface area contributed by atoms with Crippen LogP contribution in [0.3, 0.4) is 0 Å². The fourth-order valence-electron chi connectivity index (χ4n) is 3.77. The highest BCUT2D eigenvalue weighted by Gasteiger charge is 2.20. The number of rotatable bonds is 4. The summed E-state index contributed by atoms with van der Waals surface area (Å²) in [5, 5.41) is 9.18. The molecule has 0 aliphatic heterocycles. The summed E-state index contributed by atoms with van der Waals surface area (Å²) >= 11 is 23.4. The van der Waals surface area contributed by atoms with Crippen molar-refractivity contribution in [2.45, 2.75) is 0 Å². The predicted molar refractivity (Wildman–Crippen MR) is 157 cm³/mol. The first kappa shape index (κ1) is 24.9. The molecular formula is C26H16BrCl2N3O2S2. The van der Waals surface area contributed by atoms with Gasteiger partial charge in [-0.25, -0.2) is 4.98 Å². The number of nitrogens with one attached hydrogen (secondary N) is 2. The first-order valence-electron chi connectivity index (χ1n) is 10.6. The van der Waals surface area contributed by atoms with E-state index in [1.165, 1.54) is 18.4 Å². The minimum Gasteiger partial charge on any atom is -0.495 e. The minimum absolute atomic E-state index is 0.0748. The van der Waals surface area contributed by atoms with E-state index in [9.17, 15) is 4.79 Å². The second-order valence-corrected chi connectivity index (χ2v) is 10.7. The molecule has 0 fully saturated rings. The molecule has 0 aliphatic rings. The summed E-state index contributed by atoms with van der Waals surface area (Å²) < 4.78 is 7.25. The van der Waals surface area contributed by atoms with Crippen LogP contribution in [0.15, 0.2) is 71.2 Å². The molecule has 0 saturated heterocycles. The molecule has 2 N–H and O–H groups in total. The Balaban J connectivity index is 1.41. The molecule has 1 heterocycles. The molecule has 0 spiro atoms. The van der Waals surface area contributed by atoms with Crippen LogP contribution in [0.2, 0.25) is 10.0 Å². The van der Waals surface area contributed by atoms with Gasteiger partial charge in [0, 0.05) is 5.56 Å². The van der Waals surface area contributed by atoms with Crippen molar-refractivity contribution in [3.8, 4) is 16.3 Å². The number of hydrogen-bond acceptors (Lipinski definition) is 5. The Morgan fingerprint density at radius 1 is 1.06 bits per heavy atom. The lowest BCUT2D eigenvalue weighted by atomic mass is 10.1. The number of aromatic nitrogens is 1. The van der Waals surface area contributed by atoms with Crippen LogP contribution >= 0.6 is 62.7 Å². The van der Waals surface area contributed by atoms with Gasteiger partial charge in [0.05, 0.1) is 43.1 Å². The molecule has 36 heavy (non-hydrogen) atoms. The summed E-state index contributed by atoms with van der Waals surface area (Å²) in [6, 6.07) is 20.7. The normalized spacial score (nSPS) is 11.0. The fraction of sp³-hybridized carbons (Fsp3) is 0.0385. The summed E-state index contributed by atoms with van der Waals surface area (Å²) in [7, 11) is 1.51. The maximum atomic E-state index is 13.1. The van der Waals surface area contributed by atoms with E-state index >= 15 is 0 Å². The molecule has 4 aromatic carbocycles. The molecule has 0 saturated carbocycles. The standard InChI is InChI=1S/C26H16BrCl2N3O2S2/c1-34-23-16(10-13-6-2-3-7-14(13)22(23)27)24(33)32-26(35)31-20-11-15(17(28)12-18(20)29)25-30-19-8-4-5-9-21(19)36-25/h2-12H,1H3,(H2,31,32,33,35). The Morgan fingerprint density at radius 2 is 1.81 bits per heavy atom. The predicted octanol–water partition coefficient (Wildman–Crippen LogP) is 8.32. The van der Waals surface area contributed by atoms with Gasteiger partial charge in [-0.2, -0.15) is 0 Å². The Labute approximate surface area is 234 Å². The van der Waals surface area contributed by atoms with Gasteiger partial charge in [-0.05, 0) is 69.3 Å². The van der Waals surface area contributed by atoms with Crippen LogP contribution in [0.25, 0.3) is 31.6 Å². The number of carbonyl (C=O) groups excluding carboxylic acids is 1. The molecule has 0 radical (unpaired) electrons. The number of benzene rings is 4. The summed E-state index contributed by atoms with van der Waals surface area (Å²) in [5.74, 6) is -0.0102. The highest BCUT2D eigenvalue weighted by Crippen LogP contribution is 2.39. The Hall–Kier alpha value is -2.75. The molecule has 1 aromatic heterocycles. The third-order valence-corrected chi connectivity index (χ3v) is 8.13. The molecule has 5 aromatic rings. The Morgan fingerprint density at radius 3 is 2.58 bits per heavy atom. The molecule has 5 nitrogen and oxygen atoms in total.